The number of aromatic amines is 1. The van der Waals surface area contributed by atoms with Crippen molar-refractivity contribution in [2.24, 2.45) is 10.9 Å². The maximum Gasteiger partial charge on any atom is 0.254 e. The fourth-order valence-electron chi connectivity index (χ4n) is 0.687. The predicted molar refractivity (Wildman–Crippen MR) is 53.7 cm³/mol. The van der Waals surface area contributed by atoms with Gasteiger partial charge in [-0.05, 0) is 6.92 Å². The van der Waals surface area contributed by atoms with E-state index in [0.717, 1.165) is 0 Å². The van der Waals surface area contributed by atoms with E-state index >= 15 is 0 Å². The van der Waals surface area contributed by atoms with E-state index in [1.807, 2.05) is 0 Å². The van der Waals surface area contributed by atoms with Gasteiger partial charge in [-0.15, -0.1) is 0 Å². The average molecular weight is 214 g/mol. The van der Waals surface area contributed by atoms with Crippen LogP contribution in [0.15, 0.2) is 21.3 Å². The SMILES string of the molecule is Cc1cnc(SC/C(N)=N/O)[nH]c1=O. The summed E-state index contributed by atoms with van der Waals surface area (Å²) in [4.78, 5) is 17.7. The Labute approximate surface area is 84.2 Å². The third-order valence-corrected chi connectivity index (χ3v) is 2.36. The molecule has 14 heavy (non-hydrogen) atoms. The Morgan fingerprint density at radius 1 is 1.86 bits per heavy atom. The van der Waals surface area contributed by atoms with Crippen molar-refractivity contribution in [2.45, 2.75) is 12.1 Å². The van der Waals surface area contributed by atoms with E-state index in [4.69, 9.17) is 10.9 Å². The van der Waals surface area contributed by atoms with Gasteiger partial charge in [0.05, 0.1) is 5.75 Å². The van der Waals surface area contributed by atoms with Crippen LogP contribution in [-0.2, 0) is 0 Å². The number of nitrogens with one attached hydrogen (secondary N) is 1. The second-order valence-electron chi connectivity index (χ2n) is 2.58. The molecule has 0 unspecified atom stereocenters. The van der Waals surface area contributed by atoms with Crippen molar-refractivity contribution in [3.05, 3.63) is 22.1 Å². The third-order valence-electron chi connectivity index (χ3n) is 1.44. The van der Waals surface area contributed by atoms with E-state index < -0.39 is 0 Å². The summed E-state index contributed by atoms with van der Waals surface area (Å²) in [6, 6.07) is 0. The zero-order valence-corrected chi connectivity index (χ0v) is 8.34. The van der Waals surface area contributed by atoms with Crippen molar-refractivity contribution in [1.82, 2.24) is 9.97 Å². The van der Waals surface area contributed by atoms with Crippen molar-refractivity contribution in [2.75, 3.05) is 5.75 Å². The number of aryl methyl sites for hydroxylation is 1. The van der Waals surface area contributed by atoms with Gasteiger partial charge >= 0.3 is 0 Å². The van der Waals surface area contributed by atoms with Gasteiger partial charge < -0.3 is 15.9 Å². The first-order chi connectivity index (χ1) is 6.63. The van der Waals surface area contributed by atoms with Gasteiger partial charge in [0.1, 0.15) is 5.84 Å². The van der Waals surface area contributed by atoms with Gasteiger partial charge in [-0.1, -0.05) is 16.9 Å². The van der Waals surface area contributed by atoms with E-state index in [9.17, 15) is 4.79 Å². The predicted octanol–water partition coefficient (Wildman–Crippen LogP) is -0.0832. The summed E-state index contributed by atoms with van der Waals surface area (Å²) in [7, 11) is 0. The third kappa shape index (κ3) is 2.77. The lowest BCUT2D eigenvalue weighted by atomic mass is 10.4. The Bertz CT molecular complexity index is 401. The normalized spacial score (nSPS) is 11.6. The molecule has 0 radical (unpaired) electrons. The lowest BCUT2D eigenvalue weighted by Crippen LogP contribution is -2.16. The molecule has 0 aromatic carbocycles. The van der Waals surface area contributed by atoms with Crippen molar-refractivity contribution in [1.29, 1.82) is 0 Å². The van der Waals surface area contributed by atoms with Crippen LogP contribution < -0.4 is 11.3 Å². The molecule has 0 fully saturated rings. The summed E-state index contributed by atoms with van der Waals surface area (Å²) in [6.45, 7) is 1.67. The molecule has 0 amide bonds. The number of aromatic nitrogens is 2. The van der Waals surface area contributed by atoms with E-state index in [2.05, 4.69) is 15.1 Å². The highest BCUT2D eigenvalue weighted by Gasteiger charge is 2.00. The van der Waals surface area contributed by atoms with Crippen LogP contribution in [0.4, 0.5) is 0 Å². The largest absolute Gasteiger partial charge is 0.409 e. The highest BCUT2D eigenvalue weighted by molar-refractivity contribution is 7.99. The molecule has 0 aliphatic rings. The summed E-state index contributed by atoms with van der Waals surface area (Å²) < 4.78 is 0. The number of thioether (sulfide) groups is 1. The Balaban J connectivity index is 2.69. The number of nitrogens with two attached hydrogens (primary N) is 1. The van der Waals surface area contributed by atoms with Gasteiger partial charge in [-0.3, -0.25) is 4.79 Å². The van der Waals surface area contributed by atoms with E-state index in [-0.39, 0.29) is 17.1 Å². The van der Waals surface area contributed by atoms with Gasteiger partial charge in [0.2, 0.25) is 0 Å². The molecule has 7 heteroatoms. The van der Waals surface area contributed by atoms with Crippen LogP contribution in [0.1, 0.15) is 5.56 Å². The van der Waals surface area contributed by atoms with Gasteiger partial charge in [0.15, 0.2) is 5.16 Å². The van der Waals surface area contributed by atoms with E-state index in [1.54, 1.807) is 6.92 Å². The fraction of sp³-hybridized carbons (Fsp3) is 0.286. The highest BCUT2D eigenvalue weighted by atomic mass is 32.2. The number of rotatable bonds is 3. The monoisotopic (exact) mass is 214 g/mol. The molecule has 0 bridgehead atoms. The van der Waals surface area contributed by atoms with Crippen LogP contribution >= 0.6 is 11.8 Å². The molecular weight excluding hydrogens is 204 g/mol. The van der Waals surface area contributed by atoms with Crippen LogP contribution in [0, 0.1) is 6.92 Å². The van der Waals surface area contributed by atoms with Gasteiger partial charge in [-0.2, -0.15) is 0 Å². The first-order valence-corrected chi connectivity index (χ1v) is 4.77. The molecule has 1 rings (SSSR count). The van der Waals surface area contributed by atoms with E-state index in [0.29, 0.717) is 10.7 Å². The molecule has 1 aromatic rings. The minimum absolute atomic E-state index is 0.0817. The Kier molecular flexibility index (Phi) is 3.52. The first-order valence-electron chi connectivity index (χ1n) is 3.78. The second kappa shape index (κ2) is 4.66. The molecular formula is C7H10N4O2S. The highest BCUT2D eigenvalue weighted by Crippen LogP contribution is 2.09. The number of hydrogen-bond acceptors (Lipinski definition) is 5. The number of nitrogens with zero attached hydrogens (tertiary/aromatic N) is 2. The number of hydrogen-bond donors (Lipinski definition) is 3. The lowest BCUT2D eigenvalue weighted by molar-refractivity contribution is 0.318. The smallest absolute Gasteiger partial charge is 0.254 e. The van der Waals surface area contributed by atoms with Crippen LogP contribution in [0.5, 0.6) is 0 Å². The average Bonchev–Trinajstić information content (AvgIpc) is 2.19. The molecule has 0 aliphatic carbocycles. The number of oxime groups is 1. The van der Waals surface area contributed by atoms with Gasteiger partial charge in [-0.25, -0.2) is 4.98 Å². The van der Waals surface area contributed by atoms with Crippen molar-refractivity contribution in [3.63, 3.8) is 0 Å². The molecule has 1 aromatic heterocycles. The number of amidine groups is 1. The maximum atomic E-state index is 11.1. The van der Waals surface area contributed by atoms with Gasteiger partial charge in [0, 0.05) is 11.8 Å². The second-order valence-corrected chi connectivity index (χ2v) is 3.54. The van der Waals surface area contributed by atoms with Crippen LogP contribution in [0.2, 0.25) is 0 Å². The van der Waals surface area contributed by atoms with Crippen molar-refractivity contribution >= 4 is 17.6 Å². The molecule has 6 nitrogen and oxygen atoms in total. The summed E-state index contributed by atoms with van der Waals surface area (Å²) in [6.07, 6.45) is 1.48. The van der Waals surface area contributed by atoms with Crippen molar-refractivity contribution in [3.8, 4) is 0 Å². The topological polar surface area (TPSA) is 104 Å². The molecule has 76 valence electrons. The molecule has 0 saturated heterocycles. The zero-order chi connectivity index (χ0) is 10.6. The standard InChI is InChI=1S/C7H10N4O2S/c1-4-2-9-7(10-6(4)12)14-3-5(8)11-13/h2,13H,3H2,1H3,(H2,8,11)(H,9,10,12). The molecule has 1 heterocycles. The van der Waals surface area contributed by atoms with Crippen LogP contribution in [-0.4, -0.2) is 26.8 Å². The van der Waals surface area contributed by atoms with Gasteiger partial charge in [0.25, 0.3) is 5.56 Å². The summed E-state index contributed by atoms with van der Waals surface area (Å²) in [5.41, 5.74) is 5.62. The summed E-state index contributed by atoms with van der Waals surface area (Å²) in [5.74, 6) is 0.362. The van der Waals surface area contributed by atoms with E-state index in [1.165, 1.54) is 18.0 Å². The molecule has 0 aliphatic heterocycles. The maximum absolute atomic E-state index is 11.1. The first kappa shape index (κ1) is 10.6. The quantitative estimate of drug-likeness (QED) is 0.163. The Hall–Kier alpha value is -1.50. The fourth-order valence-corrected chi connectivity index (χ4v) is 1.32. The molecule has 4 N–H and O–H groups in total. The minimum Gasteiger partial charge on any atom is -0.409 e. The zero-order valence-electron chi connectivity index (χ0n) is 7.52. The number of H-pyrrole nitrogens is 1. The van der Waals surface area contributed by atoms with Crippen LogP contribution in [0.25, 0.3) is 0 Å². The Morgan fingerprint density at radius 3 is 3.14 bits per heavy atom. The summed E-state index contributed by atoms with van der Waals surface area (Å²) in [5, 5.41) is 11.5. The summed E-state index contributed by atoms with van der Waals surface area (Å²) >= 11 is 1.19. The Morgan fingerprint density at radius 2 is 2.57 bits per heavy atom. The lowest BCUT2D eigenvalue weighted by Gasteiger charge is -1.99. The molecule has 0 atom stereocenters. The van der Waals surface area contributed by atoms with Crippen LogP contribution in [0.3, 0.4) is 0 Å². The molecule has 0 spiro atoms. The van der Waals surface area contributed by atoms with Crippen molar-refractivity contribution < 1.29 is 5.21 Å². The molecule has 0 saturated carbocycles. The minimum atomic E-state index is -0.179.